The molecule has 2 aromatic rings. The second-order valence-corrected chi connectivity index (χ2v) is 6.84. The fraction of sp³-hybridized carbons (Fsp3) is 0.167. The molecule has 0 aliphatic heterocycles. The van der Waals surface area contributed by atoms with Crippen LogP contribution >= 0.6 is 11.3 Å². The minimum atomic E-state index is -3.75. The molecule has 0 fully saturated rings. The largest absolute Gasteiger partial charge is 0.477 e. The molecule has 20 heavy (non-hydrogen) atoms. The van der Waals surface area contributed by atoms with Crippen molar-refractivity contribution in [2.24, 2.45) is 0 Å². The van der Waals surface area contributed by atoms with Crippen LogP contribution in [0.3, 0.4) is 0 Å². The lowest BCUT2D eigenvalue weighted by Gasteiger charge is -2.05. The zero-order valence-corrected chi connectivity index (χ0v) is 12.4. The van der Waals surface area contributed by atoms with Crippen LogP contribution in [0.5, 0.6) is 0 Å². The van der Waals surface area contributed by atoms with E-state index in [1.807, 2.05) is 6.92 Å². The van der Waals surface area contributed by atoms with Gasteiger partial charge in [0.15, 0.2) is 5.13 Å². The van der Waals surface area contributed by atoms with E-state index in [1.165, 1.54) is 19.1 Å². The second-order valence-electron chi connectivity index (χ2n) is 4.16. The fourth-order valence-corrected chi connectivity index (χ4v) is 3.57. The zero-order valence-electron chi connectivity index (χ0n) is 10.7. The van der Waals surface area contributed by atoms with Crippen LogP contribution in [0.2, 0.25) is 0 Å². The fourth-order valence-electron chi connectivity index (χ4n) is 1.53. The molecule has 0 saturated carbocycles. The van der Waals surface area contributed by atoms with Crippen molar-refractivity contribution in [1.82, 2.24) is 4.98 Å². The lowest BCUT2D eigenvalue weighted by atomic mass is 10.2. The summed E-state index contributed by atoms with van der Waals surface area (Å²) in [7, 11) is -3.75. The Bertz CT molecular complexity index is 748. The van der Waals surface area contributed by atoms with E-state index in [0.717, 1.165) is 16.9 Å². The summed E-state index contributed by atoms with van der Waals surface area (Å²) in [4.78, 5) is 14.9. The number of carboxylic acid groups (broad SMARTS) is 1. The number of hydrogen-bond donors (Lipinski definition) is 2. The van der Waals surface area contributed by atoms with Gasteiger partial charge in [-0.3, -0.25) is 4.72 Å². The minimum absolute atomic E-state index is 0.0200. The highest BCUT2D eigenvalue weighted by Gasteiger charge is 2.19. The van der Waals surface area contributed by atoms with Crippen molar-refractivity contribution in [3.63, 3.8) is 0 Å². The van der Waals surface area contributed by atoms with Gasteiger partial charge in [-0.1, -0.05) is 29.0 Å². The summed E-state index contributed by atoms with van der Waals surface area (Å²) < 4.78 is 26.5. The number of aromatic nitrogens is 1. The third-order valence-corrected chi connectivity index (χ3v) is 5.09. The number of carboxylic acids is 1. The summed E-state index contributed by atoms with van der Waals surface area (Å²) >= 11 is 0.791. The normalized spacial score (nSPS) is 11.3. The Hall–Kier alpha value is -1.93. The van der Waals surface area contributed by atoms with Gasteiger partial charge in [-0.25, -0.2) is 18.2 Å². The number of carbonyl (C=O) groups is 1. The van der Waals surface area contributed by atoms with E-state index in [-0.39, 0.29) is 20.6 Å². The molecule has 0 spiro atoms. The monoisotopic (exact) mass is 312 g/mol. The zero-order chi connectivity index (χ0) is 14.9. The number of thiazole rings is 1. The number of benzene rings is 1. The maximum absolute atomic E-state index is 12.1. The lowest BCUT2D eigenvalue weighted by molar-refractivity contribution is 0.0701. The van der Waals surface area contributed by atoms with Gasteiger partial charge in [-0.2, -0.15) is 0 Å². The van der Waals surface area contributed by atoms with E-state index >= 15 is 0 Å². The van der Waals surface area contributed by atoms with Crippen LogP contribution in [-0.2, 0) is 10.0 Å². The minimum Gasteiger partial charge on any atom is -0.477 e. The van der Waals surface area contributed by atoms with Gasteiger partial charge in [0, 0.05) is 0 Å². The van der Waals surface area contributed by atoms with Crippen LogP contribution in [0.15, 0.2) is 29.2 Å². The molecule has 1 aromatic heterocycles. The summed E-state index contributed by atoms with van der Waals surface area (Å²) in [6, 6.07) is 6.33. The van der Waals surface area contributed by atoms with Crippen LogP contribution in [0.25, 0.3) is 0 Å². The van der Waals surface area contributed by atoms with E-state index in [1.54, 1.807) is 12.1 Å². The number of nitrogens with zero attached hydrogens (tertiary/aromatic N) is 1. The lowest BCUT2D eigenvalue weighted by Crippen LogP contribution is -2.12. The smallest absolute Gasteiger partial charge is 0.347 e. The van der Waals surface area contributed by atoms with Crippen molar-refractivity contribution in [3.05, 3.63) is 40.4 Å². The van der Waals surface area contributed by atoms with E-state index in [4.69, 9.17) is 5.11 Å². The molecule has 0 saturated heterocycles. The van der Waals surface area contributed by atoms with Gasteiger partial charge in [0.2, 0.25) is 0 Å². The highest BCUT2D eigenvalue weighted by atomic mass is 32.2. The van der Waals surface area contributed by atoms with Gasteiger partial charge >= 0.3 is 5.97 Å². The van der Waals surface area contributed by atoms with Crippen molar-refractivity contribution >= 4 is 32.5 Å². The van der Waals surface area contributed by atoms with Gasteiger partial charge in [0.1, 0.15) is 4.88 Å². The number of aryl methyl sites for hydroxylation is 2. The summed E-state index contributed by atoms with van der Waals surface area (Å²) in [5.41, 5.74) is 1.23. The second kappa shape index (κ2) is 5.22. The first-order valence-corrected chi connectivity index (χ1v) is 7.90. The predicted octanol–water partition coefficient (Wildman–Crippen LogP) is 2.26. The molecule has 1 aromatic carbocycles. The van der Waals surface area contributed by atoms with Gasteiger partial charge in [0.25, 0.3) is 10.0 Å². The van der Waals surface area contributed by atoms with Gasteiger partial charge < -0.3 is 5.11 Å². The average Bonchev–Trinajstić information content (AvgIpc) is 2.70. The molecule has 2 rings (SSSR count). The molecule has 8 heteroatoms. The topological polar surface area (TPSA) is 96.4 Å². The third-order valence-electron chi connectivity index (χ3n) is 2.54. The number of aromatic carboxylic acids is 1. The number of rotatable bonds is 4. The molecule has 0 amide bonds. The molecule has 0 unspecified atom stereocenters. The van der Waals surface area contributed by atoms with E-state index < -0.39 is 16.0 Å². The number of anilines is 1. The molecule has 0 bridgehead atoms. The Morgan fingerprint density at radius 3 is 2.35 bits per heavy atom. The molecule has 1 heterocycles. The molecular formula is C12H12N2O4S2. The molecular weight excluding hydrogens is 300 g/mol. The number of sulfonamides is 1. The first kappa shape index (κ1) is 14.5. The van der Waals surface area contributed by atoms with Gasteiger partial charge in [-0.15, -0.1) is 0 Å². The van der Waals surface area contributed by atoms with Crippen molar-refractivity contribution in [2.75, 3.05) is 4.72 Å². The molecule has 6 nitrogen and oxygen atoms in total. The molecule has 0 atom stereocenters. The number of nitrogens with one attached hydrogen (secondary N) is 1. The standard InChI is InChI=1S/C12H12N2O4S2/c1-7-3-5-9(6-4-7)20(17,18)14-12-13-8(2)10(19-12)11(15)16/h3-6H,1-2H3,(H,13,14)(H,15,16). The molecule has 0 aliphatic rings. The molecule has 0 aliphatic carbocycles. The maximum Gasteiger partial charge on any atom is 0.347 e. The highest BCUT2D eigenvalue weighted by molar-refractivity contribution is 7.93. The maximum atomic E-state index is 12.1. The van der Waals surface area contributed by atoms with Crippen molar-refractivity contribution in [2.45, 2.75) is 18.7 Å². The first-order chi connectivity index (χ1) is 9.29. The average molecular weight is 312 g/mol. The van der Waals surface area contributed by atoms with E-state index in [9.17, 15) is 13.2 Å². The Kier molecular flexibility index (Phi) is 3.78. The summed E-state index contributed by atoms with van der Waals surface area (Å²) in [6.07, 6.45) is 0. The van der Waals surface area contributed by atoms with Crippen molar-refractivity contribution in [1.29, 1.82) is 0 Å². The van der Waals surface area contributed by atoms with E-state index in [0.29, 0.717) is 0 Å². The highest BCUT2D eigenvalue weighted by Crippen LogP contribution is 2.25. The predicted molar refractivity (Wildman–Crippen MR) is 75.8 cm³/mol. The summed E-state index contributed by atoms with van der Waals surface area (Å²) in [5.74, 6) is -1.12. The van der Waals surface area contributed by atoms with Crippen LogP contribution < -0.4 is 4.72 Å². The first-order valence-electron chi connectivity index (χ1n) is 5.60. The van der Waals surface area contributed by atoms with E-state index in [2.05, 4.69) is 9.71 Å². The van der Waals surface area contributed by atoms with Gasteiger partial charge in [-0.05, 0) is 26.0 Å². The molecule has 106 valence electrons. The third kappa shape index (κ3) is 2.97. The van der Waals surface area contributed by atoms with Crippen LogP contribution in [0, 0.1) is 13.8 Å². The SMILES string of the molecule is Cc1ccc(S(=O)(=O)Nc2nc(C)c(C(=O)O)s2)cc1. The number of hydrogen-bond acceptors (Lipinski definition) is 5. The van der Waals surface area contributed by atoms with Crippen LogP contribution in [0.1, 0.15) is 20.9 Å². The van der Waals surface area contributed by atoms with Crippen molar-refractivity contribution < 1.29 is 18.3 Å². The Labute approximate surface area is 120 Å². The Morgan fingerprint density at radius 2 is 1.85 bits per heavy atom. The van der Waals surface area contributed by atoms with Crippen LogP contribution in [-0.4, -0.2) is 24.5 Å². The van der Waals surface area contributed by atoms with Crippen molar-refractivity contribution in [3.8, 4) is 0 Å². The van der Waals surface area contributed by atoms with Gasteiger partial charge in [0.05, 0.1) is 10.6 Å². The summed E-state index contributed by atoms with van der Waals surface area (Å²) in [6.45, 7) is 3.37. The quantitative estimate of drug-likeness (QED) is 0.902. The Balaban J connectivity index is 2.31. The van der Waals surface area contributed by atoms with Crippen LogP contribution in [0.4, 0.5) is 5.13 Å². The summed E-state index contributed by atoms with van der Waals surface area (Å²) in [5, 5.41) is 8.96. The molecule has 2 N–H and O–H groups in total. The molecule has 0 radical (unpaired) electrons. The Morgan fingerprint density at radius 1 is 1.25 bits per heavy atom.